The molecule has 1 unspecified atom stereocenters. The summed E-state index contributed by atoms with van der Waals surface area (Å²) < 4.78 is 2.23. The standard InChI is InChI=1S/C13H13Br2NS/c1-8-6-17-7-11(8)13(16-2)10-5-9(14)3-4-12(10)15/h3-7,13,16H,1-2H3. The Balaban J connectivity index is 2.49. The van der Waals surface area contributed by atoms with Gasteiger partial charge in [-0.05, 0) is 59.6 Å². The molecule has 4 heteroatoms. The topological polar surface area (TPSA) is 12.0 Å². The van der Waals surface area contributed by atoms with E-state index >= 15 is 0 Å². The fourth-order valence-corrected chi connectivity index (χ4v) is 3.61. The molecule has 0 bridgehead atoms. The number of hydrogen-bond donors (Lipinski definition) is 1. The zero-order chi connectivity index (χ0) is 12.4. The lowest BCUT2D eigenvalue weighted by Crippen LogP contribution is -2.18. The first-order chi connectivity index (χ1) is 8.13. The molecule has 0 saturated carbocycles. The lowest BCUT2D eigenvalue weighted by Gasteiger charge is -2.18. The van der Waals surface area contributed by atoms with Gasteiger partial charge >= 0.3 is 0 Å². The molecule has 17 heavy (non-hydrogen) atoms. The maximum absolute atomic E-state index is 3.62. The summed E-state index contributed by atoms with van der Waals surface area (Å²) in [6.45, 7) is 2.15. The number of rotatable bonds is 3. The number of thiophene rings is 1. The molecular weight excluding hydrogens is 362 g/mol. The molecule has 2 rings (SSSR count). The zero-order valence-corrected chi connectivity index (χ0v) is 13.6. The minimum Gasteiger partial charge on any atom is -0.309 e. The zero-order valence-electron chi connectivity index (χ0n) is 9.63. The van der Waals surface area contributed by atoms with Crippen molar-refractivity contribution in [3.63, 3.8) is 0 Å². The quantitative estimate of drug-likeness (QED) is 0.806. The molecule has 1 nitrogen and oxygen atoms in total. The summed E-state index contributed by atoms with van der Waals surface area (Å²) in [5, 5.41) is 7.78. The van der Waals surface area contributed by atoms with Gasteiger partial charge in [-0.2, -0.15) is 11.3 Å². The Kier molecular flexibility index (Phi) is 4.42. The molecule has 1 atom stereocenters. The van der Waals surface area contributed by atoms with Crippen LogP contribution in [0.3, 0.4) is 0 Å². The van der Waals surface area contributed by atoms with Gasteiger partial charge < -0.3 is 5.32 Å². The SMILES string of the molecule is CNC(c1cscc1C)c1cc(Br)ccc1Br. The Morgan fingerprint density at radius 3 is 2.53 bits per heavy atom. The third-order valence-electron chi connectivity index (χ3n) is 2.76. The van der Waals surface area contributed by atoms with E-state index in [1.165, 1.54) is 16.7 Å². The molecule has 1 heterocycles. The molecular formula is C13H13Br2NS. The average molecular weight is 375 g/mol. The van der Waals surface area contributed by atoms with Crippen LogP contribution in [0.15, 0.2) is 37.9 Å². The minimum absolute atomic E-state index is 0.230. The monoisotopic (exact) mass is 373 g/mol. The van der Waals surface area contributed by atoms with Crippen LogP contribution >= 0.6 is 43.2 Å². The van der Waals surface area contributed by atoms with E-state index in [-0.39, 0.29) is 6.04 Å². The Hall–Kier alpha value is -0.160. The van der Waals surface area contributed by atoms with Crippen molar-refractivity contribution >= 4 is 43.2 Å². The fraction of sp³-hybridized carbons (Fsp3) is 0.231. The second kappa shape index (κ2) is 5.65. The van der Waals surface area contributed by atoms with E-state index in [9.17, 15) is 0 Å². The van der Waals surface area contributed by atoms with Crippen LogP contribution in [-0.2, 0) is 0 Å². The van der Waals surface area contributed by atoms with Gasteiger partial charge in [0.1, 0.15) is 0 Å². The van der Waals surface area contributed by atoms with Crippen molar-refractivity contribution in [2.45, 2.75) is 13.0 Å². The van der Waals surface area contributed by atoms with Crippen molar-refractivity contribution in [1.82, 2.24) is 5.32 Å². The normalized spacial score (nSPS) is 12.7. The van der Waals surface area contributed by atoms with Gasteiger partial charge in [0.05, 0.1) is 6.04 Å². The molecule has 0 aliphatic heterocycles. The second-order valence-electron chi connectivity index (χ2n) is 3.90. The maximum atomic E-state index is 3.62. The summed E-state index contributed by atoms with van der Waals surface area (Å²) >= 11 is 8.90. The van der Waals surface area contributed by atoms with Crippen molar-refractivity contribution in [2.75, 3.05) is 7.05 Å². The van der Waals surface area contributed by atoms with Gasteiger partial charge in [-0.3, -0.25) is 0 Å². The summed E-state index contributed by atoms with van der Waals surface area (Å²) in [4.78, 5) is 0. The Bertz CT molecular complexity index is 522. The lowest BCUT2D eigenvalue weighted by molar-refractivity contribution is 0.687. The van der Waals surface area contributed by atoms with E-state index in [2.05, 4.69) is 67.0 Å². The highest BCUT2D eigenvalue weighted by Crippen LogP contribution is 2.33. The maximum Gasteiger partial charge on any atom is 0.0596 e. The minimum atomic E-state index is 0.230. The highest BCUT2D eigenvalue weighted by atomic mass is 79.9. The predicted molar refractivity (Wildman–Crippen MR) is 81.8 cm³/mol. The van der Waals surface area contributed by atoms with Crippen LogP contribution in [0.25, 0.3) is 0 Å². The van der Waals surface area contributed by atoms with Crippen LogP contribution in [0.1, 0.15) is 22.7 Å². The van der Waals surface area contributed by atoms with Gasteiger partial charge in [0, 0.05) is 8.95 Å². The van der Waals surface area contributed by atoms with E-state index in [1.54, 1.807) is 11.3 Å². The molecule has 1 aromatic heterocycles. The molecule has 0 radical (unpaired) electrons. The molecule has 0 saturated heterocycles. The van der Waals surface area contributed by atoms with Crippen LogP contribution in [0.5, 0.6) is 0 Å². The predicted octanol–water partition coefficient (Wildman–Crippen LogP) is 4.89. The lowest BCUT2D eigenvalue weighted by atomic mass is 9.99. The number of benzene rings is 1. The van der Waals surface area contributed by atoms with E-state index < -0.39 is 0 Å². The van der Waals surface area contributed by atoms with E-state index in [0.29, 0.717) is 0 Å². The Morgan fingerprint density at radius 1 is 1.18 bits per heavy atom. The van der Waals surface area contributed by atoms with Crippen molar-refractivity contribution in [2.24, 2.45) is 0 Å². The largest absolute Gasteiger partial charge is 0.309 e. The summed E-state index contributed by atoms with van der Waals surface area (Å²) in [7, 11) is 2.00. The Labute approximate surface area is 123 Å². The molecule has 0 aliphatic rings. The van der Waals surface area contributed by atoms with Gasteiger partial charge in [-0.1, -0.05) is 31.9 Å². The van der Waals surface area contributed by atoms with Crippen molar-refractivity contribution in [3.8, 4) is 0 Å². The first-order valence-corrected chi connectivity index (χ1v) is 7.81. The van der Waals surface area contributed by atoms with E-state index in [4.69, 9.17) is 0 Å². The van der Waals surface area contributed by atoms with Crippen molar-refractivity contribution < 1.29 is 0 Å². The number of halogens is 2. The molecule has 0 spiro atoms. The fourth-order valence-electron chi connectivity index (χ4n) is 1.88. The van der Waals surface area contributed by atoms with Crippen LogP contribution in [0, 0.1) is 6.92 Å². The first kappa shape index (κ1) is 13.3. The molecule has 1 aromatic carbocycles. The smallest absolute Gasteiger partial charge is 0.0596 e. The first-order valence-electron chi connectivity index (χ1n) is 5.28. The third kappa shape index (κ3) is 2.81. The summed E-state index contributed by atoms with van der Waals surface area (Å²) in [5.41, 5.74) is 3.93. The molecule has 1 N–H and O–H groups in total. The highest BCUT2D eigenvalue weighted by Gasteiger charge is 2.17. The summed E-state index contributed by atoms with van der Waals surface area (Å²) in [6, 6.07) is 6.50. The van der Waals surface area contributed by atoms with Gasteiger partial charge in [-0.15, -0.1) is 0 Å². The van der Waals surface area contributed by atoms with Crippen molar-refractivity contribution in [3.05, 3.63) is 54.6 Å². The average Bonchev–Trinajstić information content (AvgIpc) is 2.71. The van der Waals surface area contributed by atoms with Gasteiger partial charge in [0.25, 0.3) is 0 Å². The second-order valence-corrected chi connectivity index (χ2v) is 6.41. The number of nitrogens with one attached hydrogen (secondary N) is 1. The third-order valence-corrected chi connectivity index (χ3v) is 4.86. The van der Waals surface area contributed by atoms with E-state index in [0.717, 1.165) is 8.95 Å². The molecule has 90 valence electrons. The number of hydrogen-bond acceptors (Lipinski definition) is 2. The highest BCUT2D eigenvalue weighted by molar-refractivity contribution is 9.11. The summed E-state index contributed by atoms with van der Waals surface area (Å²) in [6.07, 6.45) is 0. The van der Waals surface area contributed by atoms with Gasteiger partial charge in [-0.25, -0.2) is 0 Å². The van der Waals surface area contributed by atoms with Crippen LogP contribution < -0.4 is 5.32 Å². The Morgan fingerprint density at radius 2 is 1.94 bits per heavy atom. The summed E-state index contributed by atoms with van der Waals surface area (Å²) in [5.74, 6) is 0. The van der Waals surface area contributed by atoms with Gasteiger partial charge in [0.15, 0.2) is 0 Å². The number of aryl methyl sites for hydroxylation is 1. The molecule has 2 aromatic rings. The van der Waals surface area contributed by atoms with E-state index in [1.807, 2.05) is 13.1 Å². The van der Waals surface area contributed by atoms with Crippen LogP contribution in [0.2, 0.25) is 0 Å². The van der Waals surface area contributed by atoms with Crippen LogP contribution in [0.4, 0.5) is 0 Å². The van der Waals surface area contributed by atoms with Crippen molar-refractivity contribution in [1.29, 1.82) is 0 Å². The molecule has 0 aliphatic carbocycles. The van der Waals surface area contributed by atoms with Crippen LogP contribution in [-0.4, -0.2) is 7.05 Å². The molecule has 0 fully saturated rings. The van der Waals surface area contributed by atoms with Gasteiger partial charge in [0.2, 0.25) is 0 Å². The molecule has 0 amide bonds.